The van der Waals surface area contributed by atoms with Crippen LogP contribution in [0.5, 0.6) is 5.75 Å². The third-order valence-corrected chi connectivity index (χ3v) is 3.71. The number of rotatable bonds is 9. The van der Waals surface area contributed by atoms with Gasteiger partial charge in [0.1, 0.15) is 5.75 Å². The number of unbranched alkanes of at least 4 members (excludes halogenated alkanes) is 2. The molecular formula is C15H24BrNO. The molecule has 1 atom stereocenters. The molecule has 0 aliphatic heterocycles. The fraction of sp³-hybridized carbons (Fsp3) is 0.600. The highest BCUT2D eigenvalue weighted by Gasteiger charge is 2.08. The lowest BCUT2D eigenvalue weighted by molar-refractivity contribution is 0.415. The van der Waals surface area contributed by atoms with E-state index in [9.17, 15) is 0 Å². The summed E-state index contributed by atoms with van der Waals surface area (Å²) in [4.78, 5) is 0. The molecule has 102 valence electrons. The zero-order valence-electron chi connectivity index (χ0n) is 11.4. The predicted octanol–water partition coefficient (Wildman–Crippen LogP) is 4.84. The zero-order valence-corrected chi connectivity index (χ0v) is 13.0. The van der Waals surface area contributed by atoms with E-state index in [1.54, 1.807) is 7.11 Å². The Labute approximate surface area is 119 Å². The number of hydrogen-bond donors (Lipinski definition) is 1. The Morgan fingerprint density at radius 3 is 2.67 bits per heavy atom. The largest absolute Gasteiger partial charge is 0.495 e. The first-order valence-corrected chi connectivity index (χ1v) is 7.89. The highest BCUT2D eigenvalue weighted by Crippen LogP contribution is 2.25. The van der Waals surface area contributed by atoms with Crippen LogP contribution in [0.2, 0.25) is 0 Å². The van der Waals surface area contributed by atoms with Gasteiger partial charge in [0, 0.05) is 11.4 Å². The van der Waals surface area contributed by atoms with Crippen LogP contribution >= 0.6 is 15.9 Å². The standard InChI is InChI=1S/C15H24BrNO/c1-3-13(9-5-4-8-12-16)17-14-10-6-7-11-15(14)18-2/h6-7,10-11,13,17H,3-5,8-9,12H2,1-2H3/t13-/m0/s1. The Morgan fingerprint density at radius 2 is 2.00 bits per heavy atom. The van der Waals surface area contributed by atoms with Gasteiger partial charge in [0.05, 0.1) is 12.8 Å². The maximum atomic E-state index is 5.37. The van der Waals surface area contributed by atoms with Crippen molar-refractivity contribution in [1.82, 2.24) is 0 Å². The van der Waals surface area contributed by atoms with E-state index < -0.39 is 0 Å². The first-order valence-electron chi connectivity index (χ1n) is 6.77. The minimum Gasteiger partial charge on any atom is -0.495 e. The predicted molar refractivity (Wildman–Crippen MR) is 83.0 cm³/mol. The van der Waals surface area contributed by atoms with Crippen molar-refractivity contribution < 1.29 is 4.74 Å². The third-order valence-electron chi connectivity index (χ3n) is 3.15. The van der Waals surface area contributed by atoms with E-state index in [4.69, 9.17) is 4.74 Å². The van der Waals surface area contributed by atoms with Crippen LogP contribution in [0.15, 0.2) is 24.3 Å². The fourth-order valence-electron chi connectivity index (χ4n) is 2.02. The van der Waals surface area contributed by atoms with Gasteiger partial charge in [-0.05, 0) is 31.4 Å². The molecule has 3 heteroatoms. The van der Waals surface area contributed by atoms with E-state index >= 15 is 0 Å². The Kier molecular flexibility index (Phi) is 7.90. The molecule has 0 fully saturated rings. The van der Waals surface area contributed by atoms with Gasteiger partial charge in [0.15, 0.2) is 0 Å². The van der Waals surface area contributed by atoms with Crippen molar-refractivity contribution in [2.75, 3.05) is 17.8 Å². The van der Waals surface area contributed by atoms with Crippen molar-refractivity contribution in [3.63, 3.8) is 0 Å². The fourth-order valence-corrected chi connectivity index (χ4v) is 2.42. The van der Waals surface area contributed by atoms with Crippen molar-refractivity contribution >= 4 is 21.6 Å². The molecule has 1 rings (SSSR count). The van der Waals surface area contributed by atoms with Gasteiger partial charge < -0.3 is 10.1 Å². The number of nitrogens with one attached hydrogen (secondary N) is 1. The summed E-state index contributed by atoms with van der Waals surface area (Å²) >= 11 is 3.47. The second-order valence-electron chi connectivity index (χ2n) is 4.49. The van der Waals surface area contributed by atoms with Gasteiger partial charge in [0.2, 0.25) is 0 Å². The number of alkyl halides is 1. The second kappa shape index (κ2) is 9.26. The van der Waals surface area contributed by atoms with Crippen molar-refractivity contribution in [3.05, 3.63) is 24.3 Å². The minimum atomic E-state index is 0.539. The highest BCUT2D eigenvalue weighted by atomic mass is 79.9. The first-order chi connectivity index (χ1) is 8.81. The summed E-state index contributed by atoms with van der Waals surface area (Å²) < 4.78 is 5.37. The maximum Gasteiger partial charge on any atom is 0.141 e. The van der Waals surface area contributed by atoms with E-state index in [2.05, 4.69) is 34.2 Å². The Morgan fingerprint density at radius 1 is 1.22 bits per heavy atom. The molecule has 0 spiro atoms. The van der Waals surface area contributed by atoms with Crippen molar-refractivity contribution in [2.24, 2.45) is 0 Å². The molecule has 0 aliphatic carbocycles. The molecule has 1 aromatic rings. The number of para-hydroxylation sites is 2. The SMILES string of the molecule is CC[C@@H](CCCCCBr)Nc1ccccc1OC. The number of methoxy groups -OCH3 is 1. The third kappa shape index (κ3) is 5.30. The van der Waals surface area contributed by atoms with Crippen LogP contribution in [0.1, 0.15) is 39.0 Å². The number of halogens is 1. The average molecular weight is 314 g/mol. The number of anilines is 1. The summed E-state index contributed by atoms with van der Waals surface area (Å²) in [6.07, 6.45) is 6.22. The lowest BCUT2D eigenvalue weighted by Crippen LogP contribution is -2.18. The minimum absolute atomic E-state index is 0.539. The van der Waals surface area contributed by atoms with Crippen LogP contribution < -0.4 is 10.1 Å². The van der Waals surface area contributed by atoms with Gasteiger partial charge in [0.25, 0.3) is 0 Å². The van der Waals surface area contributed by atoms with Crippen molar-refractivity contribution in [1.29, 1.82) is 0 Å². The lowest BCUT2D eigenvalue weighted by Gasteiger charge is -2.19. The van der Waals surface area contributed by atoms with Crippen molar-refractivity contribution in [2.45, 2.75) is 45.1 Å². The summed E-state index contributed by atoms with van der Waals surface area (Å²) in [6.45, 7) is 2.23. The first kappa shape index (κ1) is 15.4. The van der Waals surface area contributed by atoms with Crippen LogP contribution in [0.25, 0.3) is 0 Å². The Balaban J connectivity index is 2.46. The monoisotopic (exact) mass is 313 g/mol. The Hall–Kier alpha value is -0.700. The summed E-state index contributed by atoms with van der Waals surface area (Å²) in [5.41, 5.74) is 1.10. The molecule has 18 heavy (non-hydrogen) atoms. The molecular weight excluding hydrogens is 290 g/mol. The molecule has 0 aromatic heterocycles. The molecule has 1 N–H and O–H groups in total. The molecule has 0 heterocycles. The van der Waals surface area contributed by atoms with Gasteiger partial charge >= 0.3 is 0 Å². The van der Waals surface area contributed by atoms with Crippen LogP contribution in [-0.2, 0) is 0 Å². The number of benzene rings is 1. The van der Waals surface area contributed by atoms with Gasteiger partial charge in [-0.2, -0.15) is 0 Å². The van der Waals surface area contributed by atoms with E-state index in [-0.39, 0.29) is 0 Å². The summed E-state index contributed by atoms with van der Waals surface area (Å²) in [6, 6.07) is 8.67. The summed E-state index contributed by atoms with van der Waals surface area (Å²) in [5, 5.41) is 4.70. The van der Waals surface area contributed by atoms with Crippen LogP contribution in [0.3, 0.4) is 0 Å². The van der Waals surface area contributed by atoms with Gasteiger partial charge in [-0.1, -0.05) is 47.8 Å². The van der Waals surface area contributed by atoms with Gasteiger partial charge in [-0.15, -0.1) is 0 Å². The summed E-state index contributed by atoms with van der Waals surface area (Å²) in [7, 11) is 1.72. The normalized spacial score (nSPS) is 12.2. The number of ether oxygens (including phenoxy) is 1. The second-order valence-corrected chi connectivity index (χ2v) is 5.28. The van der Waals surface area contributed by atoms with E-state index in [0.717, 1.165) is 23.2 Å². The average Bonchev–Trinajstić information content (AvgIpc) is 2.42. The molecule has 2 nitrogen and oxygen atoms in total. The maximum absolute atomic E-state index is 5.37. The van der Waals surface area contributed by atoms with Crippen LogP contribution in [0, 0.1) is 0 Å². The lowest BCUT2D eigenvalue weighted by atomic mass is 10.1. The molecule has 0 saturated carbocycles. The van der Waals surface area contributed by atoms with Gasteiger partial charge in [-0.25, -0.2) is 0 Å². The summed E-state index contributed by atoms with van der Waals surface area (Å²) in [5.74, 6) is 0.927. The van der Waals surface area contributed by atoms with Crippen molar-refractivity contribution in [3.8, 4) is 5.75 Å². The molecule has 1 aromatic carbocycles. The van der Waals surface area contributed by atoms with Crippen LogP contribution in [-0.4, -0.2) is 18.5 Å². The zero-order chi connectivity index (χ0) is 13.2. The molecule has 0 saturated heterocycles. The highest BCUT2D eigenvalue weighted by molar-refractivity contribution is 9.09. The number of hydrogen-bond acceptors (Lipinski definition) is 2. The van der Waals surface area contributed by atoms with Gasteiger partial charge in [-0.3, -0.25) is 0 Å². The quantitative estimate of drug-likeness (QED) is 0.520. The molecule has 0 unspecified atom stereocenters. The topological polar surface area (TPSA) is 21.3 Å². The molecule has 0 bridgehead atoms. The smallest absolute Gasteiger partial charge is 0.141 e. The molecule has 0 aliphatic rings. The van der Waals surface area contributed by atoms with Crippen LogP contribution in [0.4, 0.5) is 5.69 Å². The van der Waals surface area contributed by atoms with E-state index in [0.29, 0.717) is 6.04 Å². The molecule has 0 radical (unpaired) electrons. The Bertz CT molecular complexity index is 330. The molecule has 0 amide bonds. The van der Waals surface area contributed by atoms with E-state index in [1.807, 2.05) is 18.2 Å². The van der Waals surface area contributed by atoms with E-state index in [1.165, 1.54) is 25.7 Å².